The predicted octanol–water partition coefficient (Wildman–Crippen LogP) is 1.22. The number of anilines is 2. The van der Waals surface area contributed by atoms with Gasteiger partial charge in [-0.1, -0.05) is 12.1 Å². The summed E-state index contributed by atoms with van der Waals surface area (Å²) in [6, 6.07) is 7.94. The second-order valence-corrected chi connectivity index (χ2v) is 3.99. The van der Waals surface area contributed by atoms with Crippen LogP contribution in [-0.4, -0.2) is 21.8 Å². The molecule has 2 aromatic rings. The molecule has 0 saturated heterocycles. The fourth-order valence-corrected chi connectivity index (χ4v) is 1.80. The van der Waals surface area contributed by atoms with Gasteiger partial charge in [0.05, 0.1) is 0 Å². The molecule has 0 aliphatic heterocycles. The molecule has 17 heavy (non-hydrogen) atoms. The highest BCUT2D eigenvalue weighted by Crippen LogP contribution is 2.11. The van der Waals surface area contributed by atoms with Crippen molar-refractivity contribution in [3.8, 4) is 0 Å². The summed E-state index contributed by atoms with van der Waals surface area (Å²) in [4.78, 5) is 0. The van der Waals surface area contributed by atoms with Crippen LogP contribution in [0, 0.1) is 0 Å². The summed E-state index contributed by atoms with van der Waals surface area (Å²) in [6.45, 7) is 0. The Labute approximate surface area is 101 Å². The Bertz CT molecular complexity index is 503. The second-order valence-electron chi connectivity index (χ2n) is 3.99. The van der Waals surface area contributed by atoms with E-state index in [0.717, 1.165) is 30.3 Å². The van der Waals surface area contributed by atoms with Crippen LogP contribution in [0.4, 0.5) is 11.6 Å². The van der Waals surface area contributed by atoms with Crippen molar-refractivity contribution in [2.24, 2.45) is 7.05 Å². The lowest BCUT2D eigenvalue weighted by atomic mass is 10.1. The van der Waals surface area contributed by atoms with Crippen LogP contribution in [-0.2, 0) is 19.9 Å². The summed E-state index contributed by atoms with van der Waals surface area (Å²) in [7, 11) is 3.80. The first kappa shape index (κ1) is 11.4. The number of nitrogens with one attached hydrogen (secondary N) is 1. The molecule has 1 heterocycles. The van der Waals surface area contributed by atoms with E-state index in [1.165, 1.54) is 5.56 Å². The van der Waals surface area contributed by atoms with Crippen molar-refractivity contribution in [1.82, 2.24) is 14.8 Å². The Hall–Kier alpha value is -2.04. The maximum atomic E-state index is 5.74. The van der Waals surface area contributed by atoms with Gasteiger partial charge in [0.1, 0.15) is 5.82 Å². The number of aromatic nitrogens is 3. The van der Waals surface area contributed by atoms with Gasteiger partial charge in [0.2, 0.25) is 5.95 Å². The molecule has 0 amide bonds. The van der Waals surface area contributed by atoms with Gasteiger partial charge in [-0.05, 0) is 24.1 Å². The maximum Gasteiger partial charge on any atom is 0.224 e. The van der Waals surface area contributed by atoms with E-state index in [1.54, 1.807) is 0 Å². The number of hydrogen-bond donors (Lipinski definition) is 2. The van der Waals surface area contributed by atoms with Crippen LogP contribution in [0.2, 0.25) is 0 Å². The van der Waals surface area contributed by atoms with Crippen LogP contribution >= 0.6 is 0 Å². The standard InChI is InChI=1S/C12H17N5/c1-14-12-16-15-11(17(12)2)7-6-9-4-3-5-10(13)8-9/h3-5,8H,6-7,13H2,1-2H3,(H,14,16). The molecule has 90 valence electrons. The summed E-state index contributed by atoms with van der Waals surface area (Å²) in [5, 5.41) is 11.2. The fourth-order valence-electron chi connectivity index (χ4n) is 1.80. The van der Waals surface area contributed by atoms with Crippen molar-refractivity contribution >= 4 is 11.6 Å². The van der Waals surface area contributed by atoms with Gasteiger partial charge < -0.3 is 15.6 Å². The van der Waals surface area contributed by atoms with Gasteiger partial charge in [-0.25, -0.2) is 0 Å². The first-order chi connectivity index (χ1) is 8.20. The zero-order valence-corrected chi connectivity index (χ0v) is 10.1. The molecule has 0 atom stereocenters. The normalized spacial score (nSPS) is 10.5. The zero-order chi connectivity index (χ0) is 12.3. The van der Waals surface area contributed by atoms with Crippen molar-refractivity contribution in [2.45, 2.75) is 12.8 Å². The van der Waals surface area contributed by atoms with Crippen LogP contribution in [0.1, 0.15) is 11.4 Å². The van der Waals surface area contributed by atoms with Crippen molar-refractivity contribution in [1.29, 1.82) is 0 Å². The van der Waals surface area contributed by atoms with E-state index >= 15 is 0 Å². The van der Waals surface area contributed by atoms with Crippen molar-refractivity contribution in [2.75, 3.05) is 18.1 Å². The van der Waals surface area contributed by atoms with Crippen LogP contribution in [0.15, 0.2) is 24.3 Å². The highest BCUT2D eigenvalue weighted by Gasteiger charge is 2.06. The number of hydrogen-bond acceptors (Lipinski definition) is 4. The minimum absolute atomic E-state index is 0.785. The quantitative estimate of drug-likeness (QED) is 0.776. The summed E-state index contributed by atoms with van der Waals surface area (Å²) in [5.74, 6) is 1.75. The Morgan fingerprint density at radius 2 is 2.12 bits per heavy atom. The van der Waals surface area contributed by atoms with Gasteiger partial charge >= 0.3 is 0 Å². The third-order valence-corrected chi connectivity index (χ3v) is 2.78. The number of aryl methyl sites for hydroxylation is 2. The molecule has 5 heteroatoms. The van der Waals surface area contributed by atoms with Crippen molar-refractivity contribution in [3.63, 3.8) is 0 Å². The maximum absolute atomic E-state index is 5.74. The van der Waals surface area contributed by atoms with E-state index in [4.69, 9.17) is 5.73 Å². The highest BCUT2D eigenvalue weighted by molar-refractivity contribution is 5.40. The van der Waals surface area contributed by atoms with Crippen LogP contribution in [0.5, 0.6) is 0 Å². The molecule has 2 rings (SSSR count). The number of nitrogens with two attached hydrogens (primary N) is 1. The topological polar surface area (TPSA) is 68.8 Å². The van der Waals surface area contributed by atoms with E-state index in [2.05, 4.69) is 21.6 Å². The van der Waals surface area contributed by atoms with E-state index in [-0.39, 0.29) is 0 Å². The summed E-state index contributed by atoms with van der Waals surface area (Å²) < 4.78 is 1.96. The SMILES string of the molecule is CNc1nnc(CCc2cccc(N)c2)n1C. The third-order valence-electron chi connectivity index (χ3n) is 2.78. The number of nitrogens with zero attached hydrogens (tertiary/aromatic N) is 3. The Balaban J connectivity index is 2.05. The molecular formula is C12H17N5. The van der Waals surface area contributed by atoms with Gasteiger partial charge in [0, 0.05) is 26.2 Å². The van der Waals surface area contributed by atoms with Crippen molar-refractivity contribution in [3.05, 3.63) is 35.7 Å². The van der Waals surface area contributed by atoms with E-state index in [1.807, 2.05) is 36.9 Å². The molecule has 0 unspecified atom stereocenters. The van der Waals surface area contributed by atoms with Crippen molar-refractivity contribution < 1.29 is 0 Å². The number of benzene rings is 1. The first-order valence-electron chi connectivity index (χ1n) is 5.61. The number of rotatable bonds is 4. The molecule has 0 aliphatic rings. The molecular weight excluding hydrogens is 214 g/mol. The highest BCUT2D eigenvalue weighted by atomic mass is 15.3. The Kier molecular flexibility index (Phi) is 3.27. The lowest BCUT2D eigenvalue weighted by Gasteiger charge is -2.04. The smallest absolute Gasteiger partial charge is 0.224 e. The van der Waals surface area contributed by atoms with E-state index in [0.29, 0.717) is 0 Å². The van der Waals surface area contributed by atoms with Gasteiger partial charge in [-0.3, -0.25) is 0 Å². The molecule has 1 aromatic heterocycles. The monoisotopic (exact) mass is 231 g/mol. The van der Waals surface area contributed by atoms with Gasteiger partial charge in [-0.2, -0.15) is 0 Å². The van der Waals surface area contributed by atoms with Gasteiger partial charge in [0.15, 0.2) is 0 Å². The average Bonchev–Trinajstić information content (AvgIpc) is 2.67. The van der Waals surface area contributed by atoms with Gasteiger partial charge in [0.25, 0.3) is 0 Å². The molecule has 0 bridgehead atoms. The van der Waals surface area contributed by atoms with E-state index < -0.39 is 0 Å². The lowest BCUT2D eigenvalue weighted by Crippen LogP contribution is -2.04. The summed E-state index contributed by atoms with van der Waals surface area (Å²) in [6.07, 6.45) is 1.77. The fraction of sp³-hybridized carbons (Fsp3) is 0.333. The minimum Gasteiger partial charge on any atom is -0.399 e. The summed E-state index contributed by atoms with van der Waals surface area (Å²) in [5.41, 5.74) is 7.76. The predicted molar refractivity (Wildman–Crippen MR) is 68.8 cm³/mol. The van der Waals surface area contributed by atoms with Crippen LogP contribution in [0.3, 0.4) is 0 Å². The third kappa shape index (κ3) is 2.55. The molecule has 0 fully saturated rings. The number of nitrogen functional groups attached to an aromatic ring is 1. The molecule has 0 radical (unpaired) electrons. The van der Waals surface area contributed by atoms with Gasteiger partial charge in [-0.15, -0.1) is 10.2 Å². The largest absolute Gasteiger partial charge is 0.399 e. The second kappa shape index (κ2) is 4.86. The molecule has 5 nitrogen and oxygen atoms in total. The molecule has 0 spiro atoms. The minimum atomic E-state index is 0.785. The molecule has 1 aromatic carbocycles. The molecule has 3 N–H and O–H groups in total. The van der Waals surface area contributed by atoms with Crippen LogP contribution in [0.25, 0.3) is 0 Å². The van der Waals surface area contributed by atoms with E-state index in [9.17, 15) is 0 Å². The lowest BCUT2D eigenvalue weighted by molar-refractivity contribution is 0.773. The first-order valence-corrected chi connectivity index (χ1v) is 5.61. The summed E-state index contributed by atoms with van der Waals surface area (Å²) >= 11 is 0. The molecule has 0 aliphatic carbocycles. The van der Waals surface area contributed by atoms with Crippen LogP contribution < -0.4 is 11.1 Å². The molecule has 0 saturated carbocycles. The Morgan fingerprint density at radius 1 is 1.29 bits per heavy atom. The zero-order valence-electron chi connectivity index (χ0n) is 10.1. The Morgan fingerprint density at radius 3 is 2.76 bits per heavy atom. The average molecular weight is 231 g/mol.